The maximum atomic E-state index is 8.37. The topological polar surface area (TPSA) is 83.1 Å². The molecular formula is C77H176O9Si10. The van der Waals surface area contributed by atoms with Gasteiger partial charge in [-0.2, -0.15) is 0 Å². The minimum absolute atomic E-state index is 0.942. The lowest BCUT2D eigenvalue weighted by molar-refractivity contribution is 0.242. The summed E-state index contributed by atoms with van der Waals surface area (Å²) in [6.45, 7) is 51.4. The Balaban J connectivity index is 7.95. The quantitative estimate of drug-likeness (QED) is 0.0437. The van der Waals surface area contributed by atoms with Crippen molar-refractivity contribution in [2.75, 3.05) is 0 Å². The minimum atomic E-state index is -3.07. The van der Waals surface area contributed by atoms with Gasteiger partial charge in [0.05, 0.1) is 0 Å². The second-order valence-corrected chi connectivity index (χ2v) is 72.7. The van der Waals surface area contributed by atoms with Crippen molar-refractivity contribution in [2.24, 2.45) is 0 Å². The van der Waals surface area contributed by atoms with E-state index in [1.165, 1.54) is 295 Å². The third-order valence-electron chi connectivity index (χ3n) is 19.2. The van der Waals surface area contributed by atoms with Crippen molar-refractivity contribution >= 4 is 85.1 Å². The molecule has 0 amide bonds. The Hall–Kier alpha value is 1.81. The molecule has 0 saturated carbocycles. The molecule has 0 aliphatic rings. The molecule has 0 aromatic carbocycles. The molecule has 0 aliphatic carbocycles. The number of rotatable bonds is 73. The summed E-state index contributed by atoms with van der Waals surface area (Å²) in [6, 6.07) is 4.91. The van der Waals surface area contributed by atoms with E-state index in [0.717, 1.165) is 55.9 Å². The van der Waals surface area contributed by atoms with E-state index < -0.39 is 85.1 Å². The first kappa shape index (κ1) is 97.8. The van der Waals surface area contributed by atoms with Crippen LogP contribution in [0.15, 0.2) is 0 Å². The van der Waals surface area contributed by atoms with Crippen LogP contribution in [0.25, 0.3) is 0 Å². The Morgan fingerprint density at radius 3 is 0.448 bits per heavy atom. The standard InChI is InChI=1S/C77H176O9Si10/c1-23-28-33-38-43-48-53-58-63-68-73-92(18,79-88(9,10)11)83-94(20,75-70-65-60-55-50-45-40-35-30-25-3)85-96(22,77-72-67-62-57-52-47-42-37-32-27-5)86-95(21,76-71-66-61-56-51-46-41-36-31-26-4)84-93(19,74-69-64-59-54-49-44-39-34-29-24-2)82-91(16,17)81-90(14,15)80-89(12,13)78-87(6,7)8/h23-77H2,1-22H3. The highest BCUT2D eigenvalue weighted by molar-refractivity contribution is 6.94. The van der Waals surface area contributed by atoms with E-state index in [4.69, 9.17) is 37.0 Å². The molecule has 0 rings (SSSR count). The average Bonchev–Trinajstić information content (AvgIpc) is 0.790. The van der Waals surface area contributed by atoms with Crippen LogP contribution < -0.4 is 0 Å². The average molecular weight is 1530 g/mol. The van der Waals surface area contributed by atoms with E-state index >= 15 is 0 Å². The van der Waals surface area contributed by atoms with Gasteiger partial charge < -0.3 is 37.0 Å². The van der Waals surface area contributed by atoms with Gasteiger partial charge in [-0.3, -0.25) is 0 Å². The third-order valence-corrected chi connectivity index (χ3v) is 59.4. The molecule has 5 atom stereocenters. The predicted molar refractivity (Wildman–Crippen MR) is 450 cm³/mol. The summed E-state index contributed by atoms with van der Waals surface area (Å²) < 4.78 is 69.6. The molecule has 0 spiro atoms. The second-order valence-electron chi connectivity index (χ2n) is 34.7. The first-order chi connectivity index (χ1) is 45.2. The van der Waals surface area contributed by atoms with E-state index in [1.807, 2.05) is 0 Å². The number of unbranched alkanes of at least 4 members (excludes halogenated alkanes) is 45. The lowest BCUT2D eigenvalue weighted by Crippen LogP contribution is -2.64. The van der Waals surface area contributed by atoms with Gasteiger partial charge in [-0.15, -0.1) is 0 Å². The summed E-state index contributed by atoms with van der Waals surface area (Å²) >= 11 is 0. The maximum absolute atomic E-state index is 8.37. The van der Waals surface area contributed by atoms with Gasteiger partial charge in [0.15, 0.2) is 16.6 Å². The fourth-order valence-corrected chi connectivity index (χ4v) is 67.5. The number of hydrogen-bond acceptors (Lipinski definition) is 9. The Morgan fingerprint density at radius 1 is 0.135 bits per heavy atom. The van der Waals surface area contributed by atoms with Gasteiger partial charge in [-0.05, 0) is 142 Å². The predicted octanol–water partition coefficient (Wildman–Crippen LogP) is 29.9. The van der Waals surface area contributed by atoms with Crippen molar-refractivity contribution in [3.8, 4) is 0 Å². The minimum Gasteiger partial charge on any atom is -0.437 e. The molecule has 0 heterocycles. The molecular weight excluding hydrogens is 1350 g/mol. The van der Waals surface area contributed by atoms with Gasteiger partial charge in [-0.25, -0.2) is 0 Å². The van der Waals surface area contributed by atoms with Crippen LogP contribution in [0.2, 0.25) is 142 Å². The zero-order valence-corrected chi connectivity index (χ0v) is 79.6. The Kier molecular flexibility index (Phi) is 57.2. The van der Waals surface area contributed by atoms with Crippen LogP contribution >= 0.6 is 0 Å². The molecule has 96 heavy (non-hydrogen) atoms. The van der Waals surface area contributed by atoms with E-state index in [-0.39, 0.29) is 0 Å². The molecule has 0 fully saturated rings. The Labute approximate surface area is 615 Å². The summed E-state index contributed by atoms with van der Waals surface area (Å²) in [6.07, 6.45) is 65.7. The smallest absolute Gasteiger partial charge is 0.317 e. The van der Waals surface area contributed by atoms with Crippen LogP contribution in [0.4, 0.5) is 0 Å². The van der Waals surface area contributed by atoms with E-state index in [0.29, 0.717) is 0 Å². The Morgan fingerprint density at radius 2 is 0.271 bits per heavy atom. The van der Waals surface area contributed by atoms with Crippen molar-refractivity contribution in [3.63, 3.8) is 0 Å². The lowest BCUT2D eigenvalue weighted by Gasteiger charge is -2.48. The molecule has 0 aliphatic heterocycles. The van der Waals surface area contributed by atoms with E-state index in [1.54, 1.807) is 0 Å². The summed E-state index contributed by atoms with van der Waals surface area (Å²) in [4.78, 5) is 0. The SMILES string of the molecule is CCCCCCCCCCCC[Si](C)(O[Si](C)(C)C)O[Si](C)(CCCCCCCCCCCC)O[Si](C)(CCCCCCCCCCCC)O[Si](C)(CCCCCCCCCCCC)O[Si](C)(CCCCCCCCCCCC)O[Si](C)(C)O[Si](C)(C)O[Si](C)(C)O[Si](C)(C)C. The van der Waals surface area contributed by atoms with Crippen LogP contribution in [-0.2, 0) is 37.0 Å². The number of hydrogen-bond donors (Lipinski definition) is 0. The van der Waals surface area contributed by atoms with Crippen molar-refractivity contribution in [3.05, 3.63) is 0 Å². The molecule has 9 nitrogen and oxygen atoms in total. The van der Waals surface area contributed by atoms with Crippen molar-refractivity contribution in [1.82, 2.24) is 0 Å². The normalized spacial score (nSPS) is 16.2. The molecule has 0 aromatic heterocycles. The van der Waals surface area contributed by atoms with Crippen LogP contribution in [0.5, 0.6) is 0 Å². The van der Waals surface area contributed by atoms with Gasteiger partial charge in [0, 0.05) is 0 Å². The summed E-state index contributed by atoms with van der Waals surface area (Å²) in [5, 5.41) is 0. The molecule has 0 bridgehead atoms. The molecule has 0 radical (unpaired) electrons. The van der Waals surface area contributed by atoms with Crippen molar-refractivity contribution < 1.29 is 37.0 Å². The first-order valence-corrected chi connectivity index (χ1v) is 70.4. The fraction of sp³-hybridized carbons (Fsp3) is 1.00. The summed E-state index contributed by atoms with van der Waals surface area (Å²) in [7, 11) is -26.7. The van der Waals surface area contributed by atoms with Crippen molar-refractivity contribution in [2.45, 2.75) is 497 Å². The fourth-order valence-electron chi connectivity index (χ4n) is 15.3. The molecule has 0 N–H and O–H groups in total. The monoisotopic (exact) mass is 1530 g/mol. The van der Waals surface area contributed by atoms with E-state index in [9.17, 15) is 0 Å². The second kappa shape index (κ2) is 56.1. The molecule has 0 saturated heterocycles. The van der Waals surface area contributed by atoms with E-state index in [2.05, 4.69) is 146 Å². The highest BCUT2D eigenvalue weighted by Crippen LogP contribution is 2.39. The highest BCUT2D eigenvalue weighted by atomic mass is 28.5. The van der Waals surface area contributed by atoms with Gasteiger partial charge in [0.25, 0.3) is 0 Å². The zero-order chi connectivity index (χ0) is 72.3. The maximum Gasteiger partial charge on any atom is 0.317 e. The van der Waals surface area contributed by atoms with Gasteiger partial charge in [-0.1, -0.05) is 356 Å². The lowest BCUT2D eigenvalue weighted by atomic mass is 10.1. The third kappa shape index (κ3) is 59.0. The highest BCUT2D eigenvalue weighted by Gasteiger charge is 2.55. The molecule has 578 valence electrons. The van der Waals surface area contributed by atoms with Crippen LogP contribution in [0.1, 0.15) is 356 Å². The Bertz CT molecular complexity index is 1780. The molecule has 19 heteroatoms. The van der Waals surface area contributed by atoms with Gasteiger partial charge >= 0.3 is 68.5 Å². The first-order valence-electron chi connectivity index (χ1n) is 42.5. The summed E-state index contributed by atoms with van der Waals surface area (Å²) in [5.41, 5.74) is 0. The van der Waals surface area contributed by atoms with Crippen LogP contribution in [0.3, 0.4) is 0 Å². The van der Waals surface area contributed by atoms with Gasteiger partial charge in [0.2, 0.25) is 0 Å². The molecule has 5 unspecified atom stereocenters. The zero-order valence-electron chi connectivity index (χ0n) is 69.6. The van der Waals surface area contributed by atoms with Gasteiger partial charge in [0.1, 0.15) is 0 Å². The summed E-state index contributed by atoms with van der Waals surface area (Å²) in [5.74, 6) is 0. The molecule has 0 aromatic rings. The van der Waals surface area contributed by atoms with Crippen molar-refractivity contribution in [1.29, 1.82) is 0 Å². The largest absolute Gasteiger partial charge is 0.437 e. The van der Waals surface area contributed by atoms with Crippen LogP contribution in [-0.4, -0.2) is 85.1 Å². The van der Waals surface area contributed by atoms with Crippen LogP contribution in [0, 0.1) is 0 Å².